The van der Waals surface area contributed by atoms with Gasteiger partial charge < -0.3 is 5.32 Å². The Kier molecular flexibility index (Phi) is 3.96. The molecule has 0 aliphatic heterocycles. The number of carbonyl (C=O) groups excluding carboxylic acids is 1. The molecule has 0 saturated heterocycles. The van der Waals surface area contributed by atoms with E-state index in [9.17, 15) is 4.79 Å². The minimum absolute atomic E-state index is 0.0616. The molecular weight excluding hydrogens is 182 g/mol. The summed E-state index contributed by atoms with van der Waals surface area (Å²) in [7, 11) is 0. The summed E-state index contributed by atoms with van der Waals surface area (Å²) in [4.78, 5) is 13.5. The zero-order chi connectivity index (χ0) is 9.68. The molecule has 0 saturated carbocycles. The summed E-state index contributed by atoms with van der Waals surface area (Å²) in [6, 6.07) is 3.92. The van der Waals surface area contributed by atoms with E-state index in [1.165, 1.54) is 4.88 Å². The summed E-state index contributed by atoms with van der Waals surface area (Å²) < 4.78 is 0. The highest BCUT2D eigenvalue weighted by Crippen LogP contribution is 2.16. The lowest BCUT2D eigenvalue weighted by atomic mass is 10.3. The number of nitrogens with one attached hydrogen (secondary N) is 1. The average Bonchev–Trinajstić information content (AvgIpc) is 2.62. The molecule has 0 aliphatic rings. The van der Waals surface area contributed by atoms with Gasteiger partial charge in [-0.15, -0.1) is 11.3 Å². The monoisotopic (exact) mass is 197 g/mol. The molecule has 0 atom stereocenters. The molecule has 0 aromatic carbocycles. The molecule has 1 aromatic heterocycles. The zero-order valence-electron chi connectivity index (χ0n) is 8.09. The summed E-state index contributed by atoms with van der Waals surface area (Å²) in [5, 5.41) is 2.86. The summed E-state index contributed by atoms with van der Waals surface area (Å²) in [6.45, 7) is 4.91. The van der Waals surface area contributed by atoms with Gasteiger partial charge in [0.1, 0.15) is 0 Å². The number of amides is 1. The van der Waals surface area contributed by atoms with Crippen LogP contribution >= 0.6 is 11.3 Å². The van der Waals surface area contributed by atoms with Gasteiger partial charge in [-0.2, -0.15) is 0 Å². The van der Waals surface area contributed by atoms with Crippen LogP contribution in [0.5, 0.6) is 0 Å². The van der Waals surface area contributed by atoms with Crippen LogP contribution in [0.3, 0.4) is 0 Å². The third kappa shape index (κ3) is 2.84. The Balaban J connectivity index is 2.55. The second-order valence-corrected chi connectivity index (χ2v) is 4.04. The van der Waals surface area contributed by atoms with Gasteiger partial charge in [-0.1, -0.05) is 13.8 Å². The van der Waals surface area contributed by atoms with Gasteiger partial charge in [-0.25, -0.2) is 0 Å². The largest absolute Gasteiger partial charge is 0.351 e. The number of carbonyl (C=O) groups is 1. The molecule has 1 amide bonds. The molecule has 1 aromatic rings. The molecule has 1 N–H and O–H groups in total. The molecule has 0 aliphatic carbocycles. The van der Waals surface area contributed by atoms with Crippen molar-refractivity contribution >= 4 is 17.2 Å². The minimum atomic E-state index is 0.0616. The molecule has 0 unspecified atom stereocenters. The Morgan fingerprint density at radius 2 is 2.23 bits per heavy atom. The summed E-state index contributed by atoms with van der Waals surface area (Å²) in [6.07, 6.45) is 1.99. The lowest BCUT2D eigenvalue weighted by molar-refractivity contribution is 0.0957. The molecule has 0 fully saturated rings. The maximum absolute atomic E-state index is 11.4. The smallest absolute Gasteiger partial charge is 0.261 e. The third-order valence-corrected chi connectivity index (χ3v) is 3.00. The van der Waals surface area contributed by atoms with Crippen LogP contribution < -0.4 is 5.32 Å². The van der Waals surface area contributed by atoms with Crippen LogP contribution in [0.15, 0.2) is 12.1 Å². The first kappa shape index (κ1) is 10.3. The fraction of sp³-hybridized carbons (Fsp3) is 0.500. The van der Waals surface area contributed by atoms with Gasteiger partial charge in [0.2, 0.25) is 0 Å². The number of thiophene rings is 1. The van der Waals surface area contributed by atoms with Gasteiger partial charge in [-0.05, 0) is 25.0 Å². The molecule has 3 heteroatoms. The molecule has 0 radical (unpaired) electrons. The van der Waals surface area contributed by atoms with E-state index in [1.807, 2.05) is 19.1 Å². The quantitative estimate of drug-likeness (QED) is 0.789. The van der Waals surface area contributed by atoms with Crippen molar-refractivity contribution in [3.8, 4) is 0 Å². The van der Waals surface area contributed by atoms with Gasteiger partial charge in [0, 0.05) is 11.4 Å². The van der Waals surface area contributed by atoms with Gasteiger partial charge in [-0.3, -0.25) is 4.79 Å². The Labute approximate surface area is 83.0 Å². The summed E-state index contributed by atoms with van der Waals surface area (Å²) >= 11 is 1.58. The van der Waals surface area contributed by atoms with Crippen LogP contribution in [-0.2, 0) is 6.42 Å². The van der Waals surface area contributed by atoms with Crippen LogP contribution in [0.2, 0.25) is 0 Å². The highest BCUT2D eigenvalue weighted by molar-refractivity contribution is 7.14. The number of aryl methyl sites for hydroxylation is 1. The van der Waals surface area contributed by atoms with Crippen molar-refractivity contribution in [2.75, 3.05) is 6.54 Å². The van der Waals surface area contributed by atoms with E-state index in [-0.39, 0.29) is 5.91 Å². The highest BCUT2D eigenvalue weighted by atomic mass is 32.1. The first-order chi connectivity index (χ1) is 6.27. The third-order valence-electron chi connectivity index (χ3n) is 1.77. The molecule has 72 valence electrons. The van der Waals surface area contributed by atoms with Crippen molar-refractivity contribution in [2.45, 2.75) is 26.7 Å². The van der Waals surface area contributed by atoms with Crippen molar-refractivity contribution in [2.24, 2.45) is 0 Å². The van der Waals surface area contributed by atoms with Crippen LogP contribution in [0.25, 0.3) is 0 Å². The fourth-order valence-corrected chi connectivity index (χ4v) is 1.88. The normalized spacial score (nSPS) is 10.0. The summed E-state index contributed by atoms with van der Waals surface area (Å²) in [5.41, 5.74) is 0. The van der Waals surface area contributed by atoms with E-state index in [1.54, 1.807) is 11.3 Å². The van der Waals surface area contributed by atoms with E-state index in [4.69, 9.17) is 0 Å². The number of hydrogen-bond donors (Lipinski definition) is 1. The van der Waals surface area contributed by atoms with Crippen molar-refractivity contribution in [3.05, 3.63) is 21.9 Å². The molecule has 2 nitrogen and oxygen atoms in total. The van der Waals surface area contributed by atoms with E-state index < -0.39 is 0 Å². The Hall–Kier alpha value is -0.830. The molecular formula is C10H15NOS. The van der Waals surface area contributed by atoms with Crippen molar-refractivity contribution < 1.29 is 4.79 Å². The molecule has 1 heterocycles. The van der Waals surface area contributed by atoms with Crippen molar-refractivity contribution in [1.82, 2.24) is 5.32 Å². The second kappa shape index (κ2) is 5.02. The van der Waals surface area contributed by atoms with Crippen molar-refractivity contribution in [3.63, 3.8) is 0 Å². The number of hydrogen-bond acceptors (Lipinski definition) is 2. The van der Waals surface area contributed by atoms with Crippen molar-refractivity contribution in [1.29, 1.82) is 0 Å². The van der Waals surface area contributed by atoms with Gasteiger partial charge in [0.05, 0.1) is 4.88 Å². The molecule has 13 heavy (non-hydrogen) atoms. The Morgan fingerprint density at radius 1 is 1.46 bits per heavy atom. The summed E-state index contributed by atoms with van der Waals surface area (Å²) in [5.74, 6) is 0.0616. The zero-order valence-corrected chi connectivity index (χ0v) is 8.91. The molecule has 0 bridgehead atoms. The molecule has 1 rings (SSSR count). The van der Waals surface area contributed by atoms with Gasteiger partial charge in [0.25, 0.3) is 5.91 Å². The Bertz CT molecular complexity index is 280. The van der Waals surface area contributed by atoms with Gasteiger partial charge >= 0.3 is 0 Å². The minimum Gasteiger partial charge on any atom is -0.351 e. The lowest BCUT2D eigenvalue weighted by Crippen LogP contribution is -2.22. The van der Waals surface area contributed by atoms with Gasteiger partial charge in [0.15, 0.2) is 0 Å². The van der Waals surface area contributed by atoms with E-state index >= 15 is 0 Å². The van der Waals surface area contributed by atoms with E-state index in [2.05, 4.69) is 12.2 Å². The van der Waals surface area contributed by atoms with E-state index in [0.717, 1.165) is 24.3 Å². The fourth-order valence-electron chi connectivity index (χ4n) is 1.02. The SMILES string of the molecule is CCCNC(=O)c1ccc(CC)s1. The maximum atomic E-state index is 11.4. The van der Waals surface area contributed by atoms with E-state index in [0.29, 0.717) is 0 Å². The first-order valence-corrected chi connectivity index (χ1v) is 5.46. The highest BCUT2D eigenvalue weighted by Gasteiger charge is 2.06. The maximum Gasteiger partial charge on any atom is 0.261 e. The number of rotatable bonds is 4. The topological polar surface area (TPSA) is 29.1 Å². The van der Waals surface area contributed by atoms with Crippen LogP contribution in [0.1, 0.15) is 34.8 Å². The van der Waals surface area contributed by atoms with Crippen LogP contribution in [-0.4, -0.2) is 12.5 Å². The Morgan fingerprint density at radius 3 is 2.77 bits per heavy atom. The van der Waals surface area contributed by atoms with Crippen LogP contribution in [0, 0.1) is 0 Å². The average molecular weight is 197 g/mol. The predicted octanol–water partition coefficient (Wildman–Crippen LogP) is 2.45. The first-order valence-electron chi connectivity index (χ1n) is 4.64. The van der Waals surface area contributed by atoms with Crippen LogP contribution in [0.4, 0.5) is 0 Å². The second-order valence-electron chi connectivity index (χ2n) is 2.88. The standard InChI is InChI=1S/C10H15NOS/c1-3-7-11-10(12)9-6-5-8(4-2)13-9/h5-6H,3-4,7H2,1-2H3,(H,11,12). The predicted molar refractivity (Wildman–Crippen MR) is 56.3 cm³/mol. The lowest BCUT2D eigenvalue weighted by Gasteiger charge is -1.99. The molecule has 0 spiro atoms.